The van der Waals surface area contributed by atoms with Gasteiger partial charge in [0.2, 0.25) is 0 Å². The molecule has 2 heterocycles. The molecule has 2 aromatic heterocycles. The third kappa shape index (κ3) is 2.87. The Morgan fingerprint density at radius 1 is 1.32 bits per heavy atom. The van der Waals surface area contributed by atoms with Crippen molar-refractivity contribution in [1.82, 2.24) is 24.9 Å². The Morgan fingerprint density at radius 3 is 2.84 bits per heavy atom. The van der Waals surface area contributed by atoms with Crippen molar-refractivity contribution in [1.29, 1.82) is 0 Å². The Kier molecular flexibility index (Phi) is 3.38. The molecule has 0 aliphatic heterocycles. The topological polar surface area (TPSA) is 47.7 Å². The number of nitrogens with one attached hydrogen (secondary N) is 1. The molecule has 0 unspecified atom stereocenters. The van der Waals surface area contributed by atoms with E-state index in [2.05, 4.69) is 34.0 Å². The second-order valence-corrected chi connectivity index (χ2v) is 5.30. The van der Waals surface area contributed by atoms with E-state index in [1.165, 1.54) is 24.1 Å². The van der Waals surface area contributed by atoms with Crippen LogP contribution in [0.5, 0.6) is 0 Å². The standard InChI is InChI=1S/C14H21N5/c1-11-14(10-15-13-4-5-13)12(2)19(17-11)9-8-18-7-3-6-16-18/h3,6-7,13,15H,4-5,8-10H2,1-2H3. The van der Waals surface area contributed by atoms with Gasteiger partial charge < -0.3 is 5.32 Å². The van der Waals surface area contributed by atoms with Gasteiger partial charge >= 0.3 is 0 Å². The molecule has 3 rings (SSSR count). The van der Waals surface area contributed by atoms with E-state index in [4.69, 9.17) is 0 Å². The van der Waals surface area contributed by atoms with Crippen LogP contribution in [-0.2, 0) is 19.6 Å². The summed E-state index contributed by atoms with van der Waals surface area (Å²) in [7, 11) is 0. The number of rotatable bonds is 6. The summed E-state index contributed by atoms with van der Waals surface area (Å²) in [6, 6.07) is 2.69. The van der Waals surface area contributed by atoms with Gasteiger partial charge in [-0.15, -0.1) is 0 Å². The Labute approximate surface area is 113 Å². The minimum absolute atomic E-state index is 0.742. The summed E-state index contributed by atoms with van der Waals surface area (Å²) in [4.78, 5) is 0. The molecular weight excluding hydrogens is 238 g/mol. The van der Waals surface area contributed by atoms with Gasteiger partial charge in [-0.25, -0.2) is 0 Å². The van der Waals surface area contributed by atoms with Crippen LogP contribution in [0.1, 0.15) is 29.8 Å². The van der Waals surface area contributed by atoms with E-state index in [1.807, 2.05) is 23.1 Å². The minimum atomic E-state index is 0.742. The third-order valence-electron chi connectivity index (χ3n) is 3.78. The first-order valence-electron chi connectivity index (χ1n) is 6.98. The van der Waals surface area contributed by atoms with E-state index >= 15 is 0 Å². The first kappa shape index (κ1) is 12.4. The molecule has 0 atom stereocenters. The second kappa shape index (κ2) is 5.17. The van der Waals surface area contributed by atoms with Crippen LogP contribution in [0.4, 0.5) is 0 Å². The van der Waals surface area contributed by atoms with Crippen LogP contribution >= 0.6 is 0 Å². The normalized spacial score (nSPS) is 15.1. The van der Waals surface area contributed by atoms with Crippen molar-refractivity contribution in [2.45, 2.75) is 52.4 Å². The van der Waals surface area contributed by atoms with Gasteiger partial charge in [-0.2, -0.15) is 10.2 Å². The summed E-state index contributed by atoms with van der Waals surface area (Å²) in [6.45, 7) is 6.95. The van der Waals surface area contributed by atoms with Gasteiger partial charge in [0.25, 0.3) is 0 Å². The number of hydrogen-bond donors (Lipinski definition) is 1. The summed E-state index contributed by atoms with van der Waals surface area (Å²) < 4.78 is 4.04. The van der Waals surface area contributed by atoms with Gasteiger partial charge in [0, 0.05) is 36.2 Å². The molecule has 1 saturated carbocycles. The summed E-state index contributed by atoms with van der Waals surface area (Å²) in [6.07, 6.45) is 6.45. The average molecular weight is 259 g/mol. The van der Waals surface area contributed by atoms with Crippen molar-refractivity contribution in [2.24, 2.45) is 0 Å². The quantitative estimate of drug-likeness (QED) is 0.858. The molecule has 102 valence electrons. The molecule has 1 aliphatic rings. The lowest BCUT2D eigenvalue weighted by Crippen LogP contribution is -2.16. The van der Waals surface area contributed by atoms with Crippen LogP contribution in [0.3, 0.4) is 0 Å². The van der Waals surface area contributed by atoms with E-state index in [-0.39, 0.29) is 0 Å². The highest BCUT2D eigenvalue weighted by Gasteiger charge is 2.21. The minimum Gasteiger partial charge on any atom is -0.310 e. The molecule has 0 radical (unpaired) electrons. The lowest BCUT2D eigenvalue weighted by atomic mass is 10.2. The van der Waals surface area contributed by atoms with Crippen molar-refractivity contribution < 1.29 is 0 Å². The zero-order valence-electron chi connectivity index (χ0n) is 11.6. The average Bonchev–Trinajstić information content (AvgIpc) is 2.99. The van der Waals surface area contributed by atoms with Crippen LogP contribution in [0, 0.1) is 13.8 Å². The van der Waals surface area contributed by atoms with Gasteiger partial charge in [0.15, 0.2) is 0 Å². The fourth-order valence-electron chi connectivity index (χ4n) is 2.37. The molecule has 19 heavy (non-hydrogen) atoms. The van der Waals surface area contributed by atoms with Gasteiger partial charge in [-0.1, -0.05) is 0 Å². The molecular formula is C14H21N5. The molecule has 1 aliphatic carbocycles. The molecule has 1 fully saturated rings. The number of aryl methyl sites for hydroxylation is 3. The van der Waals surface area contributed by atoms with Crippen LogP contribution in [-0.4, -0.2) is 25.6 Å². The SMILES string of the molecule is Cc1nn(CCn2cccn2)c(C)c1CNC1CC1. The number of aromatic nitrogens is 4. The van der Waals surface area contributed by atoms with E-state index in [0.717, 1.165) is 31.4 Å². The highest BCUT2D eigenvalue weighted by atomic mass is 15.3. The Morgan fingerprint density at radius 2 is 2.16 bits per heavy atom. The van der Waals surface area contributed by atoms with Gasteiger partial charge in [0.1, 0.15) is 0 Å². The lowest BCUT2D eigenvalue weighted by Gasteiger charge is -2.06. The first-order chi connectivity index (χ1) is 9.24. The highest BCUT2D eigenvalue weighted by molar-refractivity contribution is 5.24. The summed E-state index contributed by atoms with van der Waals surface area (Å²) in [5.74, 6) is 0. The van der Waals surface area contributed by atoms with Crippen LogP contribution in [0.25, 0.3) is 0 Å². The fourth-order valence-corrected chi connectivity index (χ4v) is 2.37. The maximum Gasteiger partial charge on any atom is 0.0641 e. The Bertz CT molecular complexity index is 536. The number of nitrogens with zero attached hydrogens (tertiary/aromatic N) is 4. The molecule has 0 spiro atoms. The predicted molar refractivity (Wildman–Crippen MR) is 73.8 cm³/mol. The third-order valence-corrected chi connectivity index (χ3v) is 3.78. The zero-order chi connectivity index (χ0) is 13.2. The van der Waals surface area contributed by atoms with E-state index < -0.39 is 0 Å². The predicted octanol–water partition coefficient (Wildman–Crippen LogP) is 1.65. The van der Waals surface area contributed by atoms with E-state index in [0.29, 0.717) is 0 Å². The van der Waals surface area contributed by atoms with Crippen molar-refractivity contribution in [3.8, 4) is 0 Å². The van der Waals surface area contributed by atoms with Crippen molar-refractivity contribution >= 4 is 0 Å². The lowest BCUT2D eigenvalue weighted by molar-refractivity contribution is 0.490. The van der Waals surface area contributed by atoms with Gasteiger partial charge in [-0.05, 0) is 32.8 Å². The highest BCUT2D eigenvalue weighted by Crippen LogP contribution is 2.21. The Hall–Kier alpha value is -1.62. The maximum absolute atomic E-state index is 4.64. The molecule has 0 amide bonds. The van der Waals surface area contributed by atoms with Crippen LogP contribution < -0.4 is 5.32 Å². The monoisotopic (exact) mass is 259 g/mol. The molecule has 0 saturated heterocycles. The van der Waals surface area contributed by atoms with Crippen LogP contribution in [0.2, 0.25) is 0 Å². The first-order valence-corrected chi connectivity index (χ1v) is 6.98. The van der Waals surface area contributed by atoms with Crippen molar-refractivity contribution in [3.05, 3.63) is 35.4 Å². The summed E-state index contributed by atoms with van der Waals surface area (Å²) >= 11 is 0. The fraction of sp³-hybridized carbons (Fsp3) is 0.571. The van der Waals surface area contributed by atoms with E-state index in [9.17, 15) is 0 Å². The van der Waals surface area contributed by atoms with Gasteiger partial charge in [0.05, 0.1) is 18.8 Å². The molecule has 1 N–H and O–H groups in total. The molecule has 0 bridgehead atoms. The molecule has 5 heteroatoms. The van der Waals surface area contributed by atoms with Gasteiger partial charge in [-0.3, -0.25) is 9.36 Å². The smallest absolute Gasteiger partial charge is 0.0641 e. The van der Waals surface area contributed by atoms with E-state index in [1.54, 1.807) is 0 Å². The number of hydrogen-bond acceptors (Lipinski definition) is 3. The van der Waals surface area contributed by atoms with Crippen LogP contribution in [0.15, 0.2) is 18.5 Å². The largest absolute Gasteiger partial charge is 0.310 e. The summed E-state index contributed by atoms with van der Waals surface area (Å²) in [5.41, 5.74) is 3.77. The second-order valence-electron chi connectivity index (χ2n) is 5.30. The molecule has 0 aromatic carbocycles. The molecule has 2 aromatic rings. The van der Waals surface area contributed by atoms with Crippen molar-refractivity contribution in [3.63, 3.8) is 0 Å². The zero-order valence-corrected chi connectivity index (χ0v) is 11.6. The molecule has 5 nitrogen and oxygen atoms in total. The summed E-state index contributed by atoms with van der Waals surface area (Å²) in [5, 5.41) is 12.4. The maximum atomic E-state index is 4.64. The Balaban J connectivity index is 1.65. The van der Waals surface area contributed by atoms with Crippen molar-refractivity contribution in [2.75, 3.05) is 0 Å².